The SMILES string of the molecule is CS(=O)(=O)N(CC(=O)Nc1ccccc1C(=O)NCc1ccco1)c1ccc(Cl)cc1. The summed E-state index contributed by atoms with van der Waals surface area (Å²) in [6.07, 6.45) is 2.51. The lowest BCUT2D eigenvalue weighted by Gasteiger charge is -2.22. The van der Waals surface area contributed by atoms with Gasteiger partial charge in [-0.15, -0.1) is 0 Å². The summed E-state index contributed by atoms with van der Waals surface area (Å²) in [4.78, 5) is 25.2. The van der Waals surface area contributed by atoms with Crippen molar-refractivity contribution < 1.29 is 22.4 Å². The molecule has 2 amide bonds. The van der Waals surface area contributed by atoms with Crippen LogP contribution in [0, 0.1) is 0 Å². The van der Waals surface area contributed by atoms with Crippen molar-refractivity contribution in [2.75, 3.05) is 22.4 Å². The summed E-state index contributed by atoms with van der Waals surface area (Å²) in [7, 11) is -3.74. The molecule has 0 saturated carbocycles. The van der Waals surface area contributed by atoms with E-state index in [0.717, 1.165) is 10.6 Å². The van der Waals surface area contributed by atoms with Crippen LogP contribution >= 0.6 is 11.6 Å². The van der Waals surface area contributed by atoms with E-state index in [-0.39, 0.29) is 17.8 Å². The number of carbonyl (C=O) groups is 2. The second-order valence-corrected chi connectivity index (χ2v) is 8.95. The highest BCUT2D eigenvalue weighted by atomic mass is 35.5. The number of para-hydroxylation sites is 1. The van der Waals surface area contributed by atoms with E-state index >= 15 is 0 Å². The molecular weight excluding hydrogens is 442 g/mol. The molecule has 162 valence electrons. The van der Waals surface area contributed by atoms with E-state index in [1.165, 1.54) is 30.5 Å². The number of nitrogens with zero attached hydrogens (tertiary/aromatic N) is 1. The van der Waals surface area contributed by atoms with E-state index in [4.69, 9.17) is 16.0 Å². The Hall–Kier alpha value is -3.30. The Kier molecular flexibility index (Phi) is 6.98. The van der Waals surface area contributed by atoms with Gasteiger partial charge in [0.05, 0.1) is 36.0 Å². The number of carbonyl (C=O) groups excluding carboxylic acids is 2. The van der Waals surface area contributed by atoms with Crippen molar-refractivity contribution >= 4 is 44.8 Å². The lowest BCUT2D eigenvalue weighted by Crippen LogP contribution is -2.37. The van der Waals surface area contributed by atoms with Gasteiger partial charge in [0, 0.05) is 5.02 Å². The minimum absolute atomic E-state index is 0.187. The van der Waals surface area contributed by atoms with Crippen LogP contribution in [0.4, 0.5) is 11.4 Å². The largest absolute Gasteiger partial charge is 0.467 e. The first-order chi connectivity index (χ1) is 14.7. The summed E-state index contributed by atoms with van der Waals surface area (Å²) in [5, 5.41) is 5.76. The highest BCUT2D eigenvalue weighted by molar-refractivity contribution is 7.92. The number of furan rings is 1. The predicted molar refractivity (Wildman–Crippen MR) is 119 cm³/mol. The van der Waals surface area contributed by atoms with Gasteiger partial charge in [-0.3, -0.25) is 13.9 Å². The third-order valence-electron chi connectivity index (χ3n) is 4.25. The van der Waals surface area contributed by atoms with Crippen LogP contribution in [0.15, 0.2) is 71.3 Å². The highest BCUT2D eigenvalue weighted by Crippen LogP contribution is 2.21. The molecular formula is C21H20ClN3O5S. The van der Waals surface area contributed by atoms with Crippen LogP contribution in [0.2, 0.25) is 5.02 Å². The predicted octanol–water partition coefficient (Wildman–Crippen LogP) is 3.27. The molecule has 1 aromatic heterocycles. The maximum Gasteiger partial charge on any atom is 0.253 e. The Morgan fingerprint density at radius 3 is 2.39 bits per heavy atom. The second-order valence-electron chi connectivity index (χ2n) is 6.60. The van der Waals surface area contributed by atoms with Gasteiger partial charge in [-0.2, -0.15) is 0 Å². The molecule has 0 radical (unpaired) electrons. The number of amides is 2. The van der Waals surface area contributed by atoms with Crippen molar-refractivity contribution in [1.82, 2.24) is 5.32 Å². The van der Waals surface area contributed by atoms with Gasteiger partial charge in [-0.05, 0) is 48.5 Å². The average Bonchev–Trinajstić information content (AvgIpc) is 3.24. The molecule has 0 aliphatic heterocycles. The maximum absolute atomic E-state index is 12.6. The summed E-state index contributed by atoms with van der Waals surface area (Å²) in [6, 6.07) is 16.0. The number of benzene rings is 2. The number of nitrogens with one attached hydrogen (secondary N) is 2. The van der Waals surface area contributed by atoms with Crippen LogP contribution < -0.4 is 14.9 Å². The molecule has 0 saturated heterocycles. The molecule has 2 aromatic carbocycles. The summed E-state index contributed by atoms with van der Waals surface area (Å²) < 4.78 is 30.6. The number of hydrogen-bond acceptors (Lipinski definition) is 5. The number of hydrogen-bond donors (Lipinski definition) is 2. The third kappa shape index (κ3) is 6.09. The third-order valence-corrected chi connectivity index (χ3v) is 5.64. The number of sulfonamides is 1. The van der Waals surface area contributed by atoms with Crippen LogP contribution in [0.5, 0.6) is 0 Å². The van der Waals surface area contributed by atoms with Gasteiger partial charge in [0.15, 0.2) is 0 Å². The van der Waals surface area contributed by atoms with Crippen LogP contribution in [0.1, 0.15) is 16.1 Å². The molecule has 0 aliphatic rings. The topological polar surface area (TPSA) is 109 Å². The van der Waals surface area contributed by atoms with E-state index in [9.17, 15) is 18.0 Å². The molecule has 1 heterocycles. The quantitative estimate of drug-likeness (QED) is 0.535. The van der Waals surface area contributed by atoms with Gasteiger partial charge in [-0.1, -0.05) is 23.7 Å². The van der Waals surface area contributed by atoms with Crippen LogP contribution in [-0.4, -0.2) is 33.0 Å². The molecule has 2 N–H and O–H groups in total. The molecule has 31 heavy (non-hydrogen) atoms. The zero-order chi connectivity index (χ0) is 22.4. The van der Waals surface area contributed by atoms with Gasteiger partial charge in [0.25, 0.3) is 5.91 Å². The van der Waals surface area contributed by atoms with Gasteiger partial charge >= 0.3 is 0 Å². The summed E-state index contributed by atoms with van der Waals surface area (Å²) in [6.45, 7) is -0.282. The van der Waals surface area contributed by atoms with Crippen molar-refractivity contribution in [3.8, 4) is 0 Å². The van der Waals surface area contributed by atoms with E-state index in [0.29, 0.717) is 16.5 Å². The molecule has 0 bridgehead atoms. The Labute approximate surface area is 184 Å². The summed E-state index contributed by atoms with van der Waals surface area (Å²) >= 11 is 5.86. The fourth-order valence-corrected chi connectivity index (χ4v) is 3.78. The van der Waals surface area contributed by atoms with Crippen molar-refractivity contribution in [3.05, 3.63) is 83.3 Å². The first kappa shape index (κ1) is 22.4. The minimum Gasteiger partial charge on any atom is -0.467 e. The van der Waals surface area contributed by atoms with Crippen molar-refractivity contribution in [3.63, 3.8) is 0 Å². The summed E-state index contributed by atoms with van der Waals surface area (Å²) in [5.74, 6) is -0.432. The van der Waals surface area contributed by atoms with Crippen LogP contribution in [-0.2, 0) is 21.4 Å². The lowest BCUT2D eigenvalue weighted by atomic mass is 10.1. The van der Waals surface area contributed by atoms with E-state index in [2.05, 4.69) is 10.6 Å². The molecule has 0 atom stereocenters. The van der Waals surface area contributed by atoms with Gasteiger partial charge in [-0.25, -0.2) is 8.42 Å². The molecule has 0 aliphatic carbocycles. The van der Waals surface area contributed by atoms with E-state index in [1.807, 2.05) is 0 Å². The van der Waals surface area contributed by atoms with Gasteiger partial charge in [0.2, 0.25) is 15.9 Å². The van der Waals surface area contributed by atoms with Crippen molar-refractivity contribution in [2.24, 2.45) is 0 Å². The van der Waals surface area contributed by atoms with Crippen molar-refractivity contribution in [1.29, 1.82) is 0 Å². The number of rotatable bonds is 8. The Balaban J connectivity index is 1.73. The van der Waals surface area contributed by atoms with Gasteiger partial charge in [0.1, 0.15) is 12.3 Å². The Morgan fingerprint density at radius 1 is 1.03 bits per heavy atom. The fourth-order valence-electron chi connectivity index (χ4n) is 2.79. The standard InChI is InChI=1S/C21H20ClN3O5S/c1-31(28,29)25(16-10-8-15(22)9-11-16)14-20(26)24-19-7-3-2-6-18(19)21(27)23-13-17-5-4-12-30-17/h2-12H,13-14H2,1H3,(H,23,27)(H,24,26). The molecule has 3 rings (SSSR count). The molecule has 8 nitrogen and oxygen atoms in total. The van der Waals surface area contributed by atoms with Crippen LogP contribution in [0.3, 0.4) is 0 Å². The zero-order valence-electron chi connectivity index (χ0n) is 16.5. The van der Waals surface area contributed by atoms with Gasteiger partial charge < -0.3 is 15.1 Å². The highest BCUT2D eigenvalue weighted by Gasteiger charge is 2.22. The maximum atomic E-state index is 12.6. The van der Waals surface area contributed by atoms with Crippen LogP contribution in [0.25, 0.3) is 0 Å². The first-order valence-electron chi connectivity index (χ1n) is 9.17. The van der Waals surface area contributed by atoms with E-state index in [1.54, 1.807) is 36.4 Å². The first-order valence-corrected chi connectivity index (χ1v) is 11.4. The molecule has 0 unspecified atom stereocenters. The summed E-state index contributed by atoms with van der Waals surface area (Å²) in [5.41, 5.74) is 0.792. The number of anilines is 2. The minimum atomic E-state index is -3.74. The molecule has 0 fully saturated rings. The average molecular weight is 462 g/mol. The number of halogens is 1. The van der Waals surface area contributed by atoms with E-state index < -0.39 is 28.4 Å². The smallest absolute Gasteiger partial charge is 0.253 e. The molecule has 3 aromatic rings. The molecule has 0 spiro atoms. The zero-order valence-corrected chi connectivity index (χ0v) is 18.1. The monoisotopic (exact) mass is 461 g/mol. The normalized spacial score (nSPS) is 11.0. The second kappa shape index (κ2) is 9.67. The Morgan fingerprint density at radius 2 is 1.74 bits per heavy atom. The molecule has 10 heteroatoms. The van der Waals surface area contributed by atoms with Crippen molar-refractivity contribution in [2.45, 2.75) is 6.54 Å². The Bertz CT molecular complexity index is 1160. The lowest BCUT2D eigenvalue weighted by molar-refractivity contribution is -0.114. The fraction of sp³-hybridized carbons (Fsp3) is 0.143.